The SMILES string of the molecule is COc1ccc(C[C@@H]2NC(=O)[C@H](C)NC(=O)[C@@H](C)NC(=O)C3Cc4ccc(OC)c(c4)Oc4ccc(cc4)C[C@@H](C(=O)N3C)N(C)C(=O)[C@H](C)NC2=O)cc1. The van der Waals surface area contributed by atoms with Crippen molar-refractivity contribution < 1.29 is 43.0 Å². The first kappa shape index (κ1) is 40.1. The topological polar surface area (TPSA) is 185 Å². The molecule has 292 valence electrons. The zero-order chi connectivity index (χ0) is 40.0. The van der Waals surface area contributed by atoms with Crippen LogP contribution in [-0.2, 0) is 48.0 Å². The first-order chi connectivity index (χ1) is 26.2. The Hall–Kier alpha value is -6.12. The Morgan fingerprint density at radius 1 is 0.618 bits per heavy atom. The Kier molecular flexibility index (Phi) is 12.6. The van der Waals surface area contributed by atoms with Crippen LogP contribution < -0.4 is 35.5 Å². The molecule has 0 saturated carbocycles. The van der Waals surface area contributed by atoms with Crippen molar-refractivity contribution in [3.63, 3.8) is 0 Å². The van der Waals surface area contributed by atoms with Crippen molar-refractivity contribution in [2.45, 2.75) is 76.3 Å². The Balaban J connectivity index is 1.55. The van der Waals surface area contributed by atoms with E-state index >= 15 is 0 Å². The lowest BCUT2D eigenvalue weighted by Gasteiger charge is -2.36. The van der Waals surface area contributed by atoms with Crippen LogP contribution in [0.25, 0.3) is 0 Å². The zero-order valence-corrected chi connectivity index (χ0v) is 32.0. The zero-order valence-electron chi connectivity index (χ0n) is 32.0. The van der Waals surface area contributed by atoms with Gasteiger partial charge in [0.2, 0.25) is 35.4 Å². The van der Waals surface area contributed by atoms with Gasteiger partial charge in [0, 0.05) is 33.4 Å². The van der Waals surface area contributed by atoms with Crippen molar-refractivity contribution in [1.29, 1.82) is 0 Å². The van der Waals surface area contributed by atoms with Crippen LogP contribution in [0.4, 0.5) is 0 Å². The molecule has 3 aromatic carbocycles. The molecule has 6 bridgehead atoms. The number of carbonyl (C=O) groups excluding carboxylic acids is 6. The van der Waals surface area contributed by atoms with Crippen LogP contribution in [0, 0.1) is 0 Å². The summed E-state index contributed by atoms with van der Waals surface area (Å²) in [7, 11) is 5.98. The van der Waals surface area contributed by atoms with Gasteiger partial charge in [-0.3, -0.25) is 28.8 Å². The lowest BCUT2D eigenvalue weighted by molar-refractivity contribution is -0.149. The van der Waals surface area contributed by atoms with Crippen molar-refractivity contribution in [3.8, 4) is 23.0 Å². The number of ether oxygens (including phenoxy) is 3. The van der Waals surface area contributed by atoms with Gasteiger partial charge in [-0.1, -0.05) is 30.3 Å². The van der Waals surface area contributed by atoms with E-state index < -0.39 is 71.7 Å². The fraction of sp³-hybridized carbons (Fsp3) is 0.400. The first-order valence-corrected chi connectivity index (χ1v) is 18.0. The van der Waals surface area contributed by atoms with Crippen LogP contribution in [-0.4, -0.2) is 110 Å². The van der Waals surface area contributed by atoms with E-state index in [2.05, 4.69) is 21.3 Å². The van der Waals surface area contributed by atoms with Crippen LogP contribution >= 0.6 is 0 Å². The summed E-state index contributed by atoms with van der Waals surface area (Å²) in [4.78, 5) is 86.0. The van der Waals surface area contributed by atoms with E-state index in [1.54, 1.807) is 66.7 Å². The maximum absolute atomic E-state index is 14.6. The van der Waals surface area contributed by atoms with E-state index in [0.29, 0.717) is 39.7 Å². The molecule has 0 aromatic heterocycles. The lowest BCUT2D eigenvalue weighted by atomic mass is 9.98. The third kappa shape index (κ3) is 9.52. The van der Waals surface area contributed by atoms with Gasteiger partial charge in [0.05, 0.1) is 14.2 Å². The molecule has 1 saturated heterocycles. The highest BCUT2D eigenvalue weighted by Gasteiger charge is 2.38. The van der Waals surface area contributed by atoms with Crippen molar-refractivity contribution in [1.82, 2.24) is 31.1 Å². The standard InChI is InChI=1S/C40H48N6O9/c1-22-35(47)41-23(2)36(48)44-30(18-25-8-13-28(53-6)14-9-25)37(49)43-24(3)39(51)46(5)32-19-26-10-15-29(16-11-26)55-34-21-27(12-17-33(34)54-7)20-31(38(50)42-22)45(4)40(32)52/h8-17,21-24,30-32H,18-20H2,1-7H3,(H,41,47)(H,42,50)(H,43,49)(H,44,48)/t22-,23+,24+,30+,31?,32+/m1/s1. The minimum atomic E-state index is -1.16. The average Bonchev–Trinajstić information content (AvgIpc) is 3.17. The summed E-state index contributed by atoms with van der Waals surface area (Å²) in [5.41, 5.74) is 2.01. The molecule has 3 heterocycles. The molecule has 3 aliphatic rings. The molecule has 0 aliphatic carbocycles. The second-order valence-corrected chi connectivity index (χ2v) is 13.9. The van der Waals surface area contributed by atoms with Crippen molar-refractivity contribution >= 4 is 35.4 Å². The van der Waals surface area contributed by atoms with E-state index in [1.807, 2.05) is 0 Å². The largest absolute Gasteiger partial charge is 0.497 e. The molecular weight excluding hydrogens is 708 g/mol. The smallest absolute Gasteiger partial charge is 0.246 e. The maximum atomic E-state index is 14.6. The second-order valence-electron chi connectivity index (χ2n) is 13.9. The highest BCUT2D eigenvalue weighted by molar-refractivity contribution is 5.98. The molecule has 0 radical (unpaired) electrons. The van der Waals surface area contributed by atoms with Gasteiger partial charge in [0.15, 0.2) is 11.5 Å². The predicted molar refractivity (Wildman–Crippen MR) is 201 cm³/mol. The Labute approximate surface area is 320 Å². The number of carbonyl (C=O) groups is 6. The number of benzene rings is 3. The minimum Gasteiger partial charge on any atom is -0.497 e. The quantitative estimate of drug-likeness (QED) is 0.307. The summed E-state index contributed by atoms with van der Waals surface area (Å²) >= 11 is 0. The third-order valence-corrected chi connectivity index (χ3v) is 9.92. The number of hydrogen-bond acceptors (Lipinski definition) is 9. The van der Waals surface area contributed by atoms with E-state index in [0.717, 1.165) is 0 Å². The Bertz CT molecular complexity index is 1920. The average molecular weight is 757 g/mol. The highest BCUT2D eigenvalue weighted by Crippen LogP contribution is 2.34. The molecule has 3 aromatic rings. The van der Waals surface area contributed by atoms with E-state index in [9.17, 15) is 28.8 Å². The summed E-state index contributed by atoms with van der Waals surface area (Å²) in [5.74, 6) is -1.79. The fourth-order valence-corrected chi connectivity index (χ4v) is 6.50. The molecule has 1 fully saturated rings. The number of fused-ring (bicyclic) bond motifs is 2. The molecule has 15 nitrogen and oxygen atoms in total. The van der Waals surface area contributed by atoms with Crippen molar-refractivity contribution in [3.05, 3.63) is 83.4 Å². The summed E-state index contributed by atoms with van der Waals surface area (Å²) in [6.07, 6.45) is 0.113. The molecule has 4 N–H and O–H groups in total. The van der Waals surface area contributed by atoms with Gasteiger partial charge in [0.1, 0.15) is 47.8 Å². The second kappa shape index (κ2) is 17.3. The normalized spacial score (nSPS) is 24.3. The molecule has 55 heavy (non-hydrogen) atoms. The Morgan fingerprint density at radius 3 is 1.82 bits per heavy atom. The molecular formula is C40H48N6O9. The van der Waals surface area contributed by atoms with Crippen molar-refractivity contribution in [2.24, 2.45) is 0 Å². The van der Waals surface area contributed by atoms with E-state index in [-0.39, 0.29) is 19.3 Å². The first-order valence-electron chi connectivity index (χ1n) is 18.0. The summed E-state index contributed by atoms with van der Waals surface area (Å²) in [5, 5.41) is 10.7. The number of nitrogens with zero attached hydrogens (tertiary/aromatic N) is 2. The van der Waals surface area contributed by atoms with Gasteiger partial charge in [-0.05, 0) is 73.9 Å². The highest BCUT2D eigenvalue weighted by atomic mass is 16.5. The number of nitrogens with one attached hydrogen (secondary N) is 4. The van der Waals surface area contributed by atoms with E-state index in [1.165, 1.54) is 58.9 Å². The van der Waals surface area contributed by atoms with Crippen LogP contribution in [0.1, 0.15) is 37.5 Å². The minimum absolute atomic E-state index is 0.00554. The van der Waals surface area contributed by atoms with Gasteiger partial charge >= 0.3 is 0 Å². The molecule has 6 atom stereocenters. The number of rotatable bonds is 4. The molecule has 6 amide bonds. The van der Waals surface area contributed by atoms with Gasteiger partial charge < -0.3 is 45.3 Å². The van der Waals surface area contributed by atoms with Crippen LogP contribution in [0.15, 0.2) is 66.7 Å². The van der Waals surface area contributed by atoms with Gasteiger partial charge in [0.25, 0.3) is 0 Å². The molecule has 0 spiro atoms. The number of methoxy groups -OCH3 is 2. The number of likely N-dealkylation sites (N-methyl/N-ethyl adjacent to an activating group) is 2. The molecule has 6 rings (SSSR count). The van der Waals surface area contributed by atoms with Gasteiger partial charge in [-0.2, -0.15) is 0 Å². The number of hydrogen-bond donors (Lipinski definition) is 4. The number of amides is 6. The van der Waals surface area contributed by atoms with E-state index in [4.69, 9.17) is 14.2 Å². The molecule has 15 heteroatoms. The fourth-order valence-electron chi connectivity index (χ4n) is 6.50. The third-order valence-electron chi connectivity index (χ3n) is 9.92. The summed E-state index contributed by atoms with van der Waals surface area (Å²) in [6, 6.07) is 12.3. The van der Waals surface area contributed by atoms with Gasteiger partial charge in [-0.15, -0.1) is 0 Å². The summed E-state index contributed by atoms with van der Waals surface area (Å²) < 4.78 is 16.9. The summed E-state index contributed by atoms with van der Waals surface area (Å²) in [6.45, 7) is 4.40. The van der Waals surface area contributed by atoms with Crippen LogP contribution in [0.3, 0.4) is 0 Å². The predicted octanol–water partition coefficient (Wildman–Crippen LogP) is 1.50. The Morgan fingerprint density at radius 2 is 1.18 bits per heavy atom. The molecule has 3 aliphatic heterocycles. The lowest BCUT2D eigenvalue weighted by Crippen LogP contribution is -2.61. The monoisotopic (exact) mass is 756 g/mol. The van der Waals surface area contributed by atoms with Crippen LogP contribution in [0.5, 0.6) is 23.0 Å². The maximum Gasteiger partial charge on any atom is 0.246 e. The van der Waals surface area contributed by atoms with Crippen molar-refractivity contribution in [2.75, 3.05) is 28.3 Å². The molecule has 1 unspecified atom stereocenters. The van der Waals surface area contributed by atoms with Gasteiger partial charge in [-0.25, -0.2) is 0 Å². The van der Waals surface area contributed by atoms with Crippen LogP contribution in [0.2, 0.25) is 0 Å².